The Hall–Kier alpha value is -1.24. The minimum absolute atomic E-state index is 0.421. The summed E-state index contributed by atoms with van der Waals surface area (Å²) in [6, 6.07) is 8.24. The van der Waals surface area contributed by atoms with Crippen LogP contribution in [0.15, 0.2) is 36.9 Å². The van der Waals surface area contributed by atoms with E-state index in [0.29, 0.717) is 11.8 Å². The van der Waals surface area contributed by atoms with Crippen molar-refractivity contribution in [1.82, 2.24) is 0 Å². The van der Waals surface area contributed by atoms with Gasteiger partial charge in [-0.2, -0.15) is 0 Å². The first kappa shape index (κ1) is 11.8. The van der Waals surface area contributed by atoms with Gasteiger partial charge in [-0.3, -0.25) is 0 Å². The Morgan fingerprint density at radius 3 is 2.73 bits per heavy atom. The lowest BCUT2D eigenvalue weighted by atomic mass is 9.86. The molecule has 0 aliphatic rings. The number of methoxy groups -OCH3 is 1. The summed E-state index contributed by atoms with van der Waals surface area (Å²) in [5.74, 6) is 1.96. The van der Waals surface area contributed by atoms with Crippen molar-refractivity contribution in [2.24, 2.45) is 5.92 Å². The summed E-state index contributed by atoms with van der Waals surface area (Å²) in [6.45, 7) is 8.39. The second-order valence-electron chi connectivity index (χ2n) is 3.92. The number of allylic oxidation sites excluding steroid dienone is 1. The fourth-order valence-corrected chi connectivity index (χ4v) is 1.80. The highest BCUT2D eigenvalue weighted by molar-refractivity contribution is 5.33. The lowest BCUT2D eigenvalue weighted by Crippen LogP contribution is -2.06. The molecule has 0 bridgehead atoms. The molecule has 1 nitrogen and oxygen atoms in total. The van der Waals surface area contributed by atoms with Gasteiger partial charge < -0.3 is 4.74 Å². The molecule has 0 aliphatic heterocycles. The van der Waals surface area contributed by atoms with Crippen LogP contribution in [0.5, 0.6) is 5.75 Å². The van der Waals surface area contributed by atoms with Crippen LogP contribution in [0.4, 0.5) is 0 Å². The van der Waals surface area contributed by atoms with Crippen LogP contribution in [0.25, 0.3) is 0 Å². The van der Waals surface area contributed by atoms with Crippen LogP contribution in [0.3, 0.4) is 0 Å². The number of hydrogen-bond acceptors (Lipinski definition) is 1. The molecule has 0 saturated heterocycles. The molecule has 0 N–H and O–H groups in total. The van der Waals surface area contributed by atoms with Gasteiger partial charge in [-0.15, -0.1) is 6.58 Å². The number of hydrogen-bond donors (Lipinski definition) is 0. The van der Waals surface area contributed by atoms with Crippen molar-refractivity contribution < 1.29 is 4.74 Å². The van der Waals surface area contributed by atoms with Gasteiger partial charge >= 0.3 is 0 Å². The molecular formula is C14H20O. The molecule has 1 heteroatoms. The summed E-state index contributed by atoms with van der Waals surface area (Å²) < 4.78 is 5.23. The Morgan fingerprint density at radius 1 is 1.47 bits per heavy atom. The zero-order valence-electron chi connectivity index (χ0n) is 9.86. The van der Waals surface area contributed by atoms with Crippen molar-refractivity contribution in [1.29, 1.82) is 0 Å². The van der Waals surface area contributed by atoms with Gasteiger partial charge in [0, 0.05) is 5.92 Å². The minimum atomic E-state index is 0.421. The summed E-state index contributed by atoms with van der Waals surface area (Å²) in [4.78, 5) is 0. The monoisotopic (exact) mass is 204 g/mol. The fraction of sp³-hybridized carbons (Fsp3) is 0.429. The molecule has 0 fully saturated rings. The predicted molar refractivity (Wildman–Crippen MR) is 65.4 cm³/mol. The summed E-state index contributed by atoms with van der Waals surface area (Å²) >= 11 is 0. The van der Waals surface area contributed by atoms with Gasteiger partial charge in [-0.05, 0) is 23.6 Å². The molecular weight excluding hydrogens is 184 g/mol. The van der Waals surface area contributed by atoms with E-state index in [1.54, 1.807) is 7.11 Å². The minimum Gasteiger partial charge on any atom is -0.497 e. The van der Waals surface area contributed by atoms with E-state index in [9.17, 15) is 0 Å². The zero-order chi connectivity index (χ0) is 11.3. The van der Waals surface area contributed by atoms with Crippen LogP contribution < -0.4 is 4.74 Å². The van der Waals surface area contributed by atoms with Crippen molar-refractivity contribution in [3.05, 3.63) is 42.5 Å². The van der Waals surface area contributed by atoms with E-state index in [0.717, 1.165) is 12.2 Å². The largest absolute Gasteiger partial charge is 0.497 e. The molecule has 15 heavy (non-hydrogen) atoms. The molecule has 0 spiro atoms. The third-order valence-corrected chi connectivity index (χ3v) is 2.99. The Bertz CT molecular complexity index is 317. The van der Waals surface area contributed by atoms with Crippen LogP contribution in [0.1, 0.15) is 31.7 Å². The molecule has 1 aromatic rings. The lowest BCUT2D eigenvalue weighted by molar-refractivity contribution is 0.413. The normalized spacial score (nSPS) is 14.3. The van der Waals surface area contributed by atoms with Crippen LogP contribution >= 0.6 is 0 Å². The van der Waals surface area contributed by atoms with Gasteiger partial charge in [0.05, 0.1) is 7.11 Å². The first-order valence-electron chi connectivity index (χ1n) is 5.49. The maximum absolute atomic E-state index is 5.23. The molecule has 0 amide bonds. The second-order valence-corrected chi connectivity index (χ2v) is 3.92. The van der Waals surface area contributed by atoms with Gasteiger partial charge in [0.25, 0.3) is 0 Å². The molecule has 2 atom stereocenters. The topological polar surface area (TPSA) is 9.23 Å². The predicted octanol–water partition coefficient (Wildman–Crippen LogP) is 4.01. The molecule has 1 rings (SSSR count). The summed E-state index contributed by atoms with van der Waals surface area (Å²) in [7, 11) is 1.70. The summed E-state index contributed by atoms with van der Waals surface area (Å²) in [6.07, 6.45) is 3.19. The van der Waals surface area contributed by atoms with E-state index in [1.807, 2.05) is 18.2 Å². The molecule has 0 aliphatic carbocycles. The van der Waals surface area contributed by atoms with Crippen LogP contribution in [0.2, 0.25) is 0 Å². The van der Waals surface area contributed by atoms with Gasteiger partial charge in [-0.25, -0.2) is 0 Å². The Balaban J connectivity index is 2.95. The first-order valence-corrected chi connectivity index (χ1v) is 5.49. The van der Waals surface area contributed by atoms with Gasteiger partial charge in [-0.1, -0.05) is 38.5 Å². The lowest BCUT2D eigenvalue weighted by Gasteiger charge is -2.20. The maximum Gasteiger partial charge on any atom is 0.119 e. The zero-order valence-corrected chi connectivity index (χ0v) is 9.86. The van der Waals surface area contributed by atoms with Crippen molar-refractivity contribution in [2.45, 2.75) is 26.2 Å². The highest BCUT2D eigenvalue weighted by atomic mass is 16.5. The Labute approximate surface area is 92.8 Å². The summed E-state index contributed by atoms with van der Waals surface area (Å²) in [5.41, 5.74) is 1.29. The summed E-state index contributed by atoms with van der Waals surface area (Å²) in [5, 5.41) is 0. The van der Waals surface area contributed by atoms with Gasteiger partial charge in [0.1, 0.15) is 5.75 Å². The number of ether oxygens (including phenoxy) is 1. The SMILES string of the molecule is C=CC(c1cccc(OC)c1)C(C)CC. The Kier molecular flexibility index (Phi) is 4.41. The maximum atomic E-state index is 5.23. The van der Waals surface area contributed by atoms with Crippen LogP contribution in [-0.2, 0) is 0 Å². The molecule has 82 valence electrons. The van der Waals surface area contributed by atoms with Crippen molar-refractivity contribution in [3.8, 4) is 5.75 Å². The van der Waals surface area contributed by atoms with Crippen molar-refractivity contribution in [2.75, 3.05) is 7.11 Å². The molecule has 1 aromatic carbocycles. The van der Waals surface area contributed by atoms with E-state index in [2.05, 4.69) is 32.6 Å². The van der Waals surface area contributed by atoms with E-state index in [4.69, 9.17) is 4.74 Å². The fourth-order valence-electron chi connectivity index (χ4n) is 1.80. The smallest absolute Gasteiger partial charge is 0.119 e. The highest BCUT2D eigenvalue weighted by Gasteiger charge is 2.14. The molecule has 0 saturated carbocycles. The van der Waals surface area contributed by atoms with Crippen molar-refractivity contribution >= 4 is 0 Å². The number of rotatable bonds is 5. The van der Waals surface area contributed by atoms with Crippen molar-refractivity contribution in [3.63, 3.8) is 0 Å². The first-order chi connectivity index (χ1) is 7.22. The van der Waals surface area contributed by atoms with Crippen LogP contribution in [0, 0.1) is 5.92 Å². The molecule has 0 radical (unpaired) electrons. The van der Waals surface area contributed by atoms with Gasteiger partial charge in [0.15, 0.2) is 0 Å². The Morgan fingerprint density at radius 2 is 2.20 bits per heavy atom. The van der Waals surface area contributed by atoms with E-state index >= 15 is 0 Å². The van der Waals surface area contributed by atoms with E-state index in [-0.39, 0.29) is 0 Å². The third-order valence-electron chi connectivity index (χ3n) is 2.99. The second kappa shape index (κ2) is 5.59. The van der Waals surface area contributed by atoms with E-state index < -0.39 is 0 Å². The van der Waals surface area contributed by atoms with Gasteiger partial charge in [0.2, 0.25) is 0 Å². The van der Waals surface area contributed by atoms with Crippen LogP contribution in [-0.4, -0.2) is 7.11 Å². The molecule has 2 unspecified atom stereocenters. The third kappa shape index (κ3) is 2.85. The van der Waals surface area contributed by atoms with E-state index in [1.165, 1.54) is 5.56 Å². The quantitative estimate of drug-likeness (QED) is 0.658. The highest BCUT2D eigenvalue weighted by Crippen LogP contribution is 2.29. The standard InChI is InChI=1S/C14H20O/c1-5-11(3)14(6-2)12-8-7-9-13(10-12)15-4/h6-11,14H,2,5H2,1,3-4H3. The average molecular weight is 204 g/mol. The number of benzene rings is 1. The average Bonchev–Trinajstić information content (AvgIpc) is 2.30. The molecule has 0 heterocycles. The molecule has 0 aromatic heterocycles.